The number of rotatable bonds is 5. The molecule has 1 fully saturated rings. The summed E-state index contributed by atoms with van der Waals surface area (Å²) >= 11 is 0. The zero-order chi connectivity index (χ0) is 24.9. The molecule has 0 saturated carbocycles. The monoisotopic (exact) mass is 471 g/mol. The van der Waals surface area contributed by atoms with E-state index in [4.69, 9.17) is 0 Å². The molecule has 0 bridgehead atoms. The Morgan fingerprint density at radius 1 is 0.971 bits per heavy atom. The number of nitrogens with one attached hydrogen (secondary N) is 1. The van der Waals surface area contributed by atoms with Crippen LogP contribution in [0, 0.1) is 12.7 Å². The fourth-order valence-corrected chi connectivity index (χ4v) is 3.66. The molecule has 1 heterocycles. The highest BCUT2D eigenvalue weighted by Gasteiger charge is 2.45. The number of benzene rings is 3. The second-order valence-electron chi connectivity index (χ2n) is 8.02. The summed E-state index contributed by atoms with van der Waals surface area (Å²) in [5.74, 6) is -3.07. The molecule has 4 rings (SSSR count). The molecule has 1 saturated heterocycles. The third-order valence-corrected chi connectivity index (χ3v) is 5.51. The molecule has 4 amide bonds. The lowest BCUT2D eigenvalue weighted by Crippen LogP contribution is -2.54. The number of carbonyl (C=O) groups is 4. The Labute approximate surface area is 201 Å². The molecule has 3 aromatic rings. The lowest BCUT2D eigenvalue weighted by Gasteiger charge is -2.27. The van der Waals surface area contributed by atoms with Crippen LogP contribution in [-0.4, -0.2) is 34.7 Å². The lowest BCUT2D eigenvalue weighted by atomic mass is 10.1. The minimum absolute atomic E-state index is 0.181. The van der Waals surface area contributed by atoms with Crippen molar-refractivity contribution in [1.82, 2.24) is 10.4 Å². The van der Waals surface area contributed by atoms with E-state index in [0.29, 0.717) is 0 Å². The summed E-state index contributed by atoms with van der Waals surface area (Å²) < 4.78 is 13.3. The number of imide groups is 1. The average molecular weight is 471 g/mol. The van der Waals surface area contributed by atoms with Gasteiger partial charge in [0.2, 0.25) is 5.91 Å². The summed E-state index contributed by atoms with van der Waals surface area (Å²) in [5.41, 5.74) is 4.66. The SMILES string of the molecule is Cc1ccc(C(=O)NN(C(=O)C=Cc2ccccc2)C2CC(=O)N(c3ccc(F)cc3)C2=O)cc1. The van der Waals surface area contributed by atoms with Gasteiger partial charge in [-0.3, -0.25) is 24.6 Å². The largest absolute Gasteiger partial charge is 0.274 e. The lowest BCUT2D eigenvalue weighted by molar-refractivity contribution is -0.136. The molecule has 176 valence electrons. The van der Waals surface area contributed by atoms with Crippen molar-refractivity contribution in [2.75, 3.05) is 4.90 Å². The van der Waals surface area contributed by atoms with Gasteiger partial charge in [0.15, 0.2) is 0 Å². The maximum absolute atomic E-state index is 13.3. The van der Waals surface area contributed by atoms with E-state index >= 15 is 0 Å². The van der Waals surface area contributed by atoms with Crippen LogP contribution in [-0.2, 0) is 14.4 Å². The maximum Gasteiger partial charge on any atom is 0.269 e. The molecule has 0 radical (unpaired) electrons. The minimum Gasteiger partial charge on any atom is -0.274 e. The predicted molar refractivity (Wildman–Crippen MR) is 128 cm³/mol. The van der Waals surface area contributed by atoms with Crippen LogP contribution in [0.3, 0.4) is 0 Å². The highest BCUT2D eigenvalue weighted by atomic mass is 19.1. The number of hydrogen-bond acceptors (Lipinski definition) is 4. The van der Waals surface area contributed by atoms with Gasteiger partial charge < -0.3 is 0 Å². The van der Waals surface area contributed by atoms with Crippen molar-refractivity contribution >= 4 is 35.4 Å². The number of halogens is 1. The Morgan fingerprint density at radius 2 is 1.63 bits per heavy atom. The molecule has 1 aliphatic rings. The highest BCUT2D eigenvalue weighted by molar-refractivity contribution is 6.23. The van der Waals surface area contributed by atoms with Gasteiger partial charge in [0, 0.05) is 11.6 Å². The molecule has 0 aliphatic carbocycles. The van der Waals surface area contributed by atoms with Gasteiger partial charge in [-0.25, -0.2) is 14.3 Å². The van der Waals surface area contributed by atoms with E-state index in [0.717, 1.165) is 33.2 Å². The van der Waals surface area contributed by atoms with E-state index in [1.54, 1.807) is 54.6 Å². The molecule has 1 atom stereocenters. The van der Waals surface area contributed by atoms with Crippen LogP contribution >= 0.6 is 0 Å². The van der Waals surface area contributed by atoms with E-state index in [2.05, 4.69) is 5.43 Å². The summed E-state index contributed by atoms with van der Waals surface area (Å²) in [6.07, 6.45) is 2.44. The van der Waals surface area contributed by atoms with Crippen molar-refractivity contribution in [1.29, 1.82) is 0 Å². The summed E-state index contributed by atoms with van der Waals surface area (Å²) in [7, 11) is 0. The van der Waals surface area contributed by atoms with Gasteiger partial charge in [-0.15, -0.1) is 0 Å². The van der Waals surface area contributed by atoms with Crippen LogP contribution < -0.4 is 10.3 Å². The molecule has 1 aliphatic heterocycles. The number of aryl methyl sites for hydroxylation is 1. The van der Waals surface area contributed by atoms with Crippen molar-refractivity contribution in [3.8, 4) is 0 Å². The van der Waals surface area contributed by atoms with Crippen molar-refractivity contribution < 1.29 is 23.6 Å². The second-order valence-corrected chi connectivity index (χ2v) is 8.02. The molecule has 3 aromatic carbocycles. The number of hydrogen-bond donors (Lipinski definition) is 1. The smallest absolute Gasteiger partial charge is 0.269 e. The Balaban J connectivity index is 1.63. The Morgan fingerprint density at radius 3 is 2.29 bits per heavy atom. The Kier molecular flexibility index (Phi) is 6.82. The first kappa shape index (κ1) is 23.6. The van der Waals surface area contributed by atoms with Gasteiger partial charge in [-0.2, -0.15) is 0 Å². The van der Waals surface area contributed by atoms with Crippen LogP contribution in [0.15, 0.2) is 84.9 Å². The summed E-state index contributed by atoms with van der Waals surface area (Å²) in [4.78, 5) is 52.9. The van der Waals surface area contributed by atoms with E-state index < -0.39 is 35.5 Å². The fourth-order valence-electron chi connectivity index (χ4n) is 3.66. The van der Waals surface area contributed by atoms with Gasteiger partial charge in [0.05, 0.1) is 12.1 Å². The molecule has 1 unspecified atom stereocenters. The van der Waals surface area contributed by atoms with Crippen molar-refractivity contribution in [3.05, 3.63) is 107 Å². The minimum atomic E-state index is -1.27. The molecular weight excluding hydrogens is 449 g/mol. The molecular formula is C27H22FN3O4. The quantitative estimate of drug-likeness (QED) is 0.350. The molecule has 8 heteroatoms. The highest BCUT2D eigenvalue weighted by Crippen LogP contribution is 2.26. The van der Waals surface area contributed by atoms with Crippen LogP contribution in [0.2, 0.25) is 0 Å². The number of amides is 4. The average Bonchev–Trinajstić information content (AvgIpc) is 3.16. The van der Waals surface area contributed by atoms with Crippen LogP contribution in [0.1, 0.15) is 27.9 Å². The van der Waals surface area contributed by atoms with Crippen LogP contribution in [0.5, 0.6) is 0 Å². The summed E-state index contributed by atoms with van der Waals surface area (Å²) in [5, 5.41) is 0.880. The first-order valence-electron chi connectivity index (χ1n) is 10.9. The number of hydrazine groups is 1. The van der Waals surface area contributed by atoms with Crippen LogP contribution in [0.4, 0.5) is 10.1 Å². The van der Waals surface area contributed by atoms with Gasteiger partial charge in [0.25, 0.3) is 17.7 Å². The normalized spacial score (nSPS) is 15.5. The van der Waals surface area contributed by atoms with E-state index in [1.807, 2.05) is 13.0 Å². The van der Waals surface area contributed by atoms with E-state index in [-0.39, 0.29) is 17.7 Å². The summed E-state index contributed by atoms with van der Waals surface area (Å²) in [6.45, 7) is 1.87. The van der Waals surface area contributed by atoms with Gasteiger partial charge >= 0.3 is 0 Å². The first-order valence-corrected chi connectivity index (χ1v) is 10.9. The fraction of sp³-hybridized carbons (Fsp3) is 0.111. The van der Waals surface area contributed by atoms with Crippen molar-refractivity contribution in [2.24, 2.45) is 0 Å². The Bertz CT molecular complexity index is 1290. The Hall–Kier alpha value is -4.59. The molecule has 1 N–H and O–H groups in total. The van der Waals surface area contributed by atoms with E-state index in [9.17, 15) is 23.6 Å². The summed E-state index contributed by atoms with van der Waals surface area (Å²) in [6, 6.07) is 19.3. The number of anilines is 1. The third-order valence-electron chi connectivity index (χ3n) is 5.51. The van der Waals surface area contributed by atoms with Gasteiger partial charge in [-0.05, 0) is 55.0 Å². The molecule has 0 spiro atoms. The second kappa shape index (κ2) is 10.1. The predicted octanol–water partition coefficient (Wildman–Crippen LogP) is 3.65. The van der Waals surface area contributed by atoms with Crippen molar-refractivity contribution in [3.63, 3.8) is 0 Å². The van der Waals surface area contributed by atoms with Gasteiger partial charge in [-0.1, -0.05) is 48.0 Å². The molecule has 0 aromatic heterocycles. The maximum atomic E-state index is 13.3. The van der Waals surface area contributed by atoms with Crippen LogP contribution in [0.25, 0.3) is 6.08 Å². The van der Waals surface area contributed by atoms with Gasteiger partial charge in [0.1, 0.15) is 11.9 Å². The third kappa shape index (κ3) is 5.33. The number of nitrogens with zero attached hydrogens (tertiary/aromatic N) is 2. The van der Waals surface area contributed by atoms with Crippen molar-refractivity contribution in [2.45, 2.75) is 19.4 Å². The molecule has 35 heavy (non-hydrogen) atoms. The first-order chi connectivity index (χ1) is 16.8. The topological polar surface area (TPSA) is 86.8 Å². The zero-order valence-electron chi connectivity index (χ0n) is 18.9. The zero-order valence-corrected chi connectivity index (χ0v) is 18.9. The molecule has 7 nitrogen and oxygen atoms in total. The standard InChI is InChI=1S/C27H22FN3O4/c1-18-7-10-20(11-8-18)26(34)29-31(24(32)16-9-19-5-3-2-4-6-19)23-17-25(33)30(27(23)35)22-14-12-21(28)13-15-22/h2-16,23H,17H2,1H3,(H,29,34). The number of carbonyl (C=O) groups excluding carboxylic acids is 4. The van der Waals surface area contributed by atoms with E-state index in [1.165, 1.54) is 18.2 Å².